The zero-order valence-corrected chi connectivity index (χ0v) is 12.2. The van der Waals surface area contributed by atoms with Crippen LogP contribution in [0.1, 0.15) is 15.9 Å². The van der Waals surface area contributed by atoms with Crippen molar-refractivity contribution < 1.29 is 9.90 Å². The summed E-state index contributed by atoms with van der Waals surface area (Å²) < 4.78 is 0. The number of aromatic hydroxyl groups is 1. The summed E-state index contributed by atoms with van der Waals surface area (Å²) in [4.78, 5) is 16.7. The Balaban J connectivity index is 1.99. The second kappa shape index (κ2) is 5.13. The number of likely N-dealkylation sites (N-methyl/N-ethyl adjacent to an activating group) is 1. The van der Waals surface area contributed by atoms with Crippen molar-refractivity contribution in [1.82, 2.24) is 0 Å². The first kappa shape index (κ1) is 13.5. The van der Waals surface area contributed by atoms with Crippen LogP contribution < -0.4 is 9.80 Å². The van der Waals surface area contributed by atoms with E-state index in [4.69, 9.17) is 0 Å². The van der Waals surface area contributed by atoms with Gasteiger partial charge in [-0.2, -0.15) is 0 Å². The zero-order chi connectivity index (χ0) is 15.0. The van der Waals surface area contributed by atoms with Crippen LogP contribution >= 0.6 is 0 Å². The maximum Gasteiger partial charge on any atom is 0.258 e. The van der Waals surface area contributed by atoms with Gasteiger partial charge in [-0.15, -0.1) is 0 Å². The second-order valence-corrected chi connectivity index (χ2v) is 5.37. The molecule has 2 aromatic carbocycles. The predicted molar refractivity (Wildman–Crippen MR) is 84.2 cm³/mol. The molecule has 108 valence electrons. The van der Waals surface area contributed by atoms with Gasteiger partial charge in [-0.05, 0) is 42.8 Å². The van der Waals surface area contributed by atoms with Crippen molar-refractivity contribution in [3.05, 3.63) is 53.6 Å². The van der Waals surface area contributed by atoms with E-state index < -0.39 is 0 Å². The number of aryl methyl sites for hydroxylation is 1. The highest BCUT2D eigenvalue weighted by atomic mass is 16.3. The largest absolute Gasteiger partial charge is 0.508 e. The lowest BCUT2D eigenvalue weighted by atomic mass is 10.1. The van der Waals surface area contributed by atoms with Crippen LogP contribution in [0.4, 0.5) is 11.4 Å². The van der Waals surface area contributed by atoms with Gasteiger partial charge in [-0.1, -0.05) is 12.1 Å². The average molecular weight is 282 g/mol. The van der Waals surface area contributed by atoms with E-state index in [2.05, 4.69) is 4.90 Å². The molecule has 3 rings (SSSR count). The van der Waals surface area contributed by atoms with Gasteiger partial charge < -0.3 is 14.9 Å². The monoisotopic (exact) mass is 282 g/mol. The van der Waals surface area contributed by atoms with Crippen LogP contribution in [0.15, 0.2) is 42.5 Å². The van der Waals surface area contributed by atoms with Gasteiger partial charge in [0, 0.05) is 25.7 Å². The lowest BCUT2D eigenvalue weighted by Crippen LogP contribution is -2.42. The molecule has 0 aliphatic carbocycles. The lowest BCUT2D eigenvalue weighted by molar-refractivity contribution is 0.0986. The first-order valence-electron chi connectivity index (χ1n) is 6.99. The Hall–Kier alpha value is -2.49. The summed E-state index contributed by atoms with van der Waals surface area (Å²) in [5.74, 6) is 0.184. The van der Waals surface area contributed by atoms with Gasteiger partial charge in [-0.25, -0.2) is 0 Å². The van der Waals surface area contributed by atoms with Gasteiger partial charge in [0.1, 0.15) is 5.75 Å². The van der Waals surface area contributed by atoms with Crippen molar-refractivity contribution in [2.75, 3.05) is 29.9 Å². The minimum atomic E-state index is -0.0290. The zero-order valence-electron chi connectivity index (χ0n) is 12.2. The van der Waals surface area contributed by atoms with E-state index in [1.54, 1.807) is 30.0 Å². The highest BCUT2D eigenvalue weighted by molar-refractivity contribution is 6.08. The number of hydrogen-bond acceptors (Lipinski definition) is 3. The minimum Gasteiger partial charge on any atom is -0.508 e. The van der Waals surface area contributed by atoms with E-state index in [1.165, 1.54) is 0 Å². The van der Waals surface area contributed by atoms with Crippen molar-refractivity contribution in [3.63, 3.8) is 0 Å². The fraction of sp³-hybridized carbons (Fsp3) is 0.235. The van der Waals surface area contributed by atoms with Crippen LogP contribution in [0.2, 0.25) is 0 Å². The molecule has 4 nitrogen and oxygen atoms in total. The molecule has 0 saturated carbocycles. The third kappa shape index (κ3) is 2.33. The number of carbonyl (C=O) groups is 1. The van der Waals surface area contributed by atoms with E-state index in [9.17, 15) is 9.90 Å². The minimum absolute atomic E-state index is 0.0290. The molecule has 0 atom stereocenters. The number of anilines is 2. The molecular weight excluding hydrogens is 264 g/mol. The molecule has 1 aliphatic heterocycles. The van der Waals surface area contributed by atoms with E-state index in [-0.39, 0.29) is 11.7 Å². The molecule has 1 amide bonds. The Morgan fingerprint density at radius 2 is 1.81 bits per heavy atom. The molecule has 1 N–H and O–H groups in total. The highest BCUT2D eigenvalue weighted by Crippen LogP contribution is 2.33. The van der Waals surface area contributed by atoms with Crippen molar-refractivity contribution in [2.24, 2.45) is 0 Å². The number of hydrogen-bond donors (Lipinski definition) is 1. The van der Waals surface area contributed by atoms with Gasteiger partial charge >= 0.3 is 0 Å². The summed E-state index contributed by atoms with van der Waals surface area (Å²) in [6, 6.07) is 12.9. The fourth-order valence-electron chi connectivity index (χ4n) is 2.66. The molecule has 0 radical (unpaired) electrons. The van der Waals surface area contributed by atoms with Crippen LogP contribution in [-0.4, -0.2) is 31.2 Å². The standard InChI is InChI=1S/C17H18N2O2/c1-12-11-13(7-8-16(12)20)17(21)19-10-9-18(2)14-5-3-4-6-15(14)19/h3-8,11,20H,9-10H2,1-2H3. The number of para-hydroxylation sites is 2. The van der Waals surface area contributed by atoms with Crippen LogP contribution in [0.5, 0.6) is 5.75 Å². The number of nitrogens with zero attached hydrogens (tertiary/aromatic N) is 2. The summed E-state index contributed by atoms with van der Waals surface area (Å²) in [7, 11) is 2.03. The number of rotatable bonds is 1. The Labute approximate surface area is 124 Å². The van der Waals surface area contributed by atoms with Crippen molar-refractivity contribution in [3.8, 4) is 5.75 Å². The molecule has 2 aromatic rings. The average Bonchev–Trinajstić information content (AvgIpc) is 2.50. The van der Waals surface area contributed by atoms with Gasteiger partial charge in [-0.3, -0.25) is 4.79 Å². The molecule has 0 aromatic heterocycles. The number of carbonyl (C=O) groups excluding carboxylic acids is 1. The van der Waals surface area contributed by atoms with Crippen LogP contribution in [0.3, 0.4) is 0 Å². The molecule has 0 spiro atoms. The summed E-state index contributed by atoms with van der Waals surface area (Å²) in [6.07, 6.45) is 0. The molecule has 21 heavy (non-hydrogen) atoms. The number of phenolic OH excluding ortho intramolecular Hbond substituents is 1. The smallest absolute Gasteiger partial charge is 0.258 e. The van der Waals surface area contributed by atoms with Crippen LogP contribution in [0, 0.1) is 6.92 Å². The van der Waals surface area contributed by atoms with Crippen LogP contribution in [0.25, 0.3) is 0 Å². The molecule has 1 aliphatic rings. The first-order valence-corrected chi connectivity index (χ1v) is 6.99. The van der Waals surface area contributed by atoms with Gasteiger partial charge in [0.25, 0.3) is 5.91 Å². The molecule has 0 fully saturated rings. The number of amides is 1. The van der Waals surface area contributed by atoms with Crippen molar-refractivity contribution >= 4 is 17.3 Å². The Morgan fingerprint density at radius 3 is 2.52 bits per heavy atom. The highest BCUT2D eigenvalue weighted by Gasteiger charge is 2.25. The normalized spacial score (nSPS) is 14.0. The van der Waals surface area contributed by atoms with E-state index in [0.717, 1.165) is 17.9 Å². The summed E-state index contributed by atoms with van der Waals surface area (Å²) in [5.41, 5.74) is 3.31. The maximum absolute atomic E-state index is 12.8. The number of phenols is 1. The summed E-state index contributed by atoms with van der Waals surface area (Å²) in [5, 5.41) is 9.60. The third-order valence-corrected chi connectivity index (χ3v) is 3.93. The van der Waals surface area contributed by atoms with E-state index in [0.29, 0.717) is 17.7 Å². The summed E-state index contributed by atoms with van der Waals surface area (Å²) >= 11 is 0. The molecule has 0 unspecified atom stereocenters. The molecule has 0 saturated heterocycles. The van der Waals surface area contributed by atoms with Crippen molar-refractivity contribution in [2.45, 2.75) is 6.92 Å². The SMILES string of the molecule is Cc1cc(C(=O)N2CCN(C)c3ccccc32)ccc1O. The Morgan fingerprint density at radius 1 is 1.10 bits per heavy atom. The van der Waals surface area contributed by atoms with Crippen LogP contribution in [-0.2, 0) is 0 Å². The quantitative estimate of drug-likeness (QED) is 0.874. The van der Waals surface area contributed by atoms with E-state index >= 15 is 0 Å². The molecule has 1 heterocycles. The predicted octanol–water partition coefficient (Wildman–Crippen LogP) is 2.80. The molecule has 4 heteroatoms. The molecular formula is C17H18N2O2. The van der Waals surface area contributed by atoms with E-state index in [1.807, 2.05) is 31.3 Å². The third-order valence-electron chi connectivity index (χ3n) is 3.93. The lowest BCUT2D eigenvalue weighted by Gasteiger charge is -2.35. The second-order valence-electron chi connectivity index (χ2n) is 5.37. The first-order chi connectivity index (χ1) is 10.1. The maximum atomic E-state index is 12.8. The van der Waals surface area contributed by atoms with Gasteiger partial charge in [0.15, 0.2) is 0 Å². The van der Waals surface area contributed by atoms with Gasteiger partial charge in [0.05, 0.1) is 11.4 Å². The number of fused-ring (bicyclic) bond motifs is 1. The fourth-order valence-corrected chi connectivity index (χ4v) is 2.66. The Kier molecular flexibility index (Phi) is 3.29. The van der Waals surface area contributed by atoms with Gasteiger partial charge in [0.2, 0.25) is 0 Å². The molecule has 0 bridgehead atoms. The Bertz CT molecular complexity index is 697. The number of benzene rings is 2. The van der Waals surface area contributed by atoms with Crippen molar-refractivity contribution in [1.29, 1.82) is 0 Å². The summed E-state index contributed by atoms with van der Waals surface area (Å²) in [6.45, 7) is 3.26. The topological polar surface area (TPSA) is 43.8 Å².